The Hall–Kier alpha value is -2.33. The molecule has 0 fully saturated rings. The summed E-state index contributed by atoms with van der Waals surface area (Å²) in [7, 11) is 0. The fraction of sp³-hybridized carbons (Fsp3) is 0.350. The van der Waals surface area contributed by atoms with Crippen molar-refractivity contribution in [3.8, 4) is 5.75 Å². The van der Waals surface area contributed by atoms with Crippen LogP contribution in [0.1, 0.15) is 30.0 Å². The van der Waals surface area contributed by atoms with Gasteiger partial charge in [0.25, 0.3) is 0 Å². The van der Waals surface area contributed by atoms with Crippen LogP contribution in [0.4, 0.5) is 0 Å². The molecule has 1 amide bonds. The Balaban J connectivity index is 1.37. The van der Waals surface area contributed by atoms with Crippen LogP contribution in [0.3, 0.4) is 0 Å². The molecule has 0 heterocycles. The summed E-state index contributed by atoms with van der Waals surface area (Å²) < 4.78 is 5.59. The lowest BCUT2D eigenvalue weighted by molar-refractivity contribution is -0.121. The van der Waals surface area contributed by atoms with Crippen LogP contribution in [0.25, 0.3) is 0 Å². The van der Waals surface area contributed by atoms with E-state index >= 15 is 0 Å². The first-order chi connectivity index (χ1) is 11.8. The van der Waals surface area contributed by atoms with Crippen LogP contribution in [0, 0.1) is 0 Å². The molecule has 0 saturated carbocycles. The maximum Gasteiger partial charge on any atom is 0.234 e. The van der Waals surface area contributed by atoms with E-state index in [1.807, 2.05) is 36.4 Å². The second kappa shape index (κ2) is 8.50. The maximum absolute atomic E-state index is 12.1. The van der Waals surface area contributed by atoms with E-state index in [0.717, 1.165) is 25.0 Å². The van der Waals surface area contributed by atoms with Gasteiger partial charge in [0, 0.05) is 6.54 Å². The summed E-state index contributed by atoms with van der Waals surface area (Å²) in [5.41, 5.74) is 2.63. The van der Waals surface area contributed by atoms with Gasteiger partial charge in [-0.3, -0.25) is 4.79 Å². The summed E-state index contributed by atoms with van der Waals surface area (Å²) in [5.74, 6) is 0.888. The number of nitrogens with one attached hydrogen (secondary N) is 2. The van der Waals surface area contributed by atoms with E-state index in [0.29, 0.717) is 19.7 Å². The molecular formula is C20H24N2O2. The third-order valence-electron chi connectivity index (χ3n) is 4.28. The van der Waals surface area contributed by atoms with Crippen LogP contribution in [0.15, 0.2) is 54.6 Å². The third-order valence-corrected chi connectivity index (χ3v) is 4.28. The molecule has 4 nitrogen and oxygen atoms in total. The molecule has 24 heavy (non-hydrogen) atoms. The summed E-state index contributed by atoms with van der Waals surface area (Å²) in [6.07, 6.45) is 3.25. The summed E-state index contributed by atoms with van der Waals surface area (Å²) in [5, 5.41) is 6.27. The largest absolute Gasteiger partial charge is 0.492 e. The molecule has 2 N–H and O–H groups in total. The van der Waals surface area contributed by atoms with Crippen molar-refractivity contribution < 1.29 is 9.53 Å². The normalized spacial score (nSPS) is 16.2. The average molecular weight is 324 g/mol. The quantitative estimate of drug-likeness (QED) is 0.770. The second-order valence-corrected chi connectivity index (χ2v) is 6.05. The molecule has 4 heteroatoms. The van der Waals surface area contributed by atoms with Crippen molar-refractivity contribution in [2.45, 2.75) is 25.3 Å². The molecule has 0 radical (unpaired) electrons. The number of hydrogen-bond acceptors (Lipinski definition) is 3. The Bertz CT molecular complexity index is 658. The first-order valence-electron chi connectivity index (χ1n) is 8.58. The highest BCUT2D eigenvalue weighted by molar-refractivity contribution is 5.78. The van der Waals surface area contributed by atoms with Crippen molar-refractivity contribution in [3.05, 3.63) is 65.7 Å². The predicted molar refractivity (Wildman–Crippen MR) is 95.1 cm³/mol. The number of carbonyl (C=O) groups excluding carboxylic acids is 1. The van der Waals surface area contributed by atoms with E-state index in [9.17, 15) is 4.79 Å². The number of aryl methyl sites for hydroxylation is 1. The number of para-hydroxylation sites is 1. The van der Waals surface area contributed by atoms with Crippen molar-refractivity contribution in [2.24, 2.45) is 0 Å². The molecule has 0 aliphatic heterocycles. The van der Waals surface area contributed by atoms with Crippen molar-refractivity contribution >= 4 is 5.91 Å². The maximum atomic E-state index is 12.1. The zero-order chi connectivity index (χ0) is 16.6. The first-order valence-corrected chi connectivity index (χ1v) is 8.58. The van der Waals surface area contributed by atoms with E-state index in [1.165, 1.54) is 11.1 Å². The minimum absolute atomic E-state index is 0.0383. The number of ether oxygens (including phenoxy) is 1. The van der Waals surface area contributed by atoms with Gasteiger partial charge in [-0.15, -0.1) is 0 Å². The number of fused-ring (bicyclic) bond motifs is 1. The molecule has 2 aromatic rings. The van der Waals surface area contributed by atoms with Gasteiger partial charge in [-0.05, 0) is 42.5 Å². The number of amides is 1. The van der Waals surface area contributed by atoms with Crippen LogP contribution in [-0.2, 0) is 11.2 Å². The minimum atomic E-state index is 0.0383. The Labute approximate surface area is 143 Å². The summed E-state index contributed by atoms with van der Waals surface area (Å²) in [4.78, 5) is 12.1. The predicted octanol–water partition coefficient (Wildman–Crippen LogP) is 2.85. The third kappa shape index (κ3) is 4.59. The van der Waals surface area contributed by atoms with E-state index in [1.54, 1.807) is 0 Å². The average Bonchev–Trinajstić information content (AvgIpc) is 2.63. The topological polar surface area (TPSA) is 50.4 Å². The highest BCUT2D eigenvalue weighted by atomic mass is 16.5. The molecule has 1 unspecified atom stereocenters. The number of rotatable bonds is 7. The van der Waals surface area contributed by atoms with Gasteiger partial charge in [-0.2, -0.15) is 0 Å². The van der Waals surface area contributed by atoms with E-state index < -0.39 is 0 Å². The molecule has 0 bridgehead atoms. The number of carbonyl (C=O) groups is 1. The van der Waals surface area contributed by atoms with Gasteiger partial charge in [-0.1, -0.05) is 42.5 Å². The zero-order valence-electron chi connectivity index (χ0n) is 13.8. The molecule has 1 aliphatic carbocycles. The van der Waals surface area contributed by atoms with Gasteiger partial charge in [0.1, 0.15) is 12.4 Å². The van der Waals surface area contributed by atoms with Gasteiger partial charge >= 0.3 is 0 Å². The highest BCUT2D eigenvalue weighted by Crippen LogP contribution is 2.29. The molecular weight excluding hydrogens is 300 g/mol. The van der Waals surface area contributed by atoms with E-state index in [4.69, 9.17) is 4.74 Å². The molecule has 126 valence electrons. The molecule has 1 atom stereocenters. The van der Waals surface area contributed by atoms with Gasteiger partial charge < -0.3 is 15.4 Å². The van der Waals surface area contributed by atoms with Gasteiger partial charge in [0.2, 0.25) is 5.91 Å². The lowest BCUT2D eigenvalue weighted by Gasteiger charge is -2.26. The summed E-state index contributed by atoms with van der Waals surface area (Å²) in [6, 6.07) is 18.2. The minimum Gasteiger partial charge on any atom is -0.492 e. The Morgan fingerprint density at radius 3 is 2.75 bits per heavy atom. The van der Waals surface area contributed by atoms with Gasteiger partial charge in [0.15, 0.2) is 0 Å². The molecule has 3 rings (SSSR count). The molecule has 1 aliphatic rings. The SMILES string of the molecule is O=C(CNCCOc1ccccc1)NC1CCCc2ccccc21. The molecule has 0 saturated heterocycles. The zero-order valence-corrected chi connectivity index (χ0v) is 13.8. The lowest BCUT2D eigenvalue weighted by Crippen LogP contribution is -2.38. The second-order valence-electron chi connectivity index (χ2n) is 6.05. The Morgan fingerprint density at radius 2 is 1.88 bits per heavy atom. The highest BCUT2D eigenvalue weighted by Gasteiger charge is 2.20. The standard InChI is InChI=1S/C20H24N2O2/c23-20(15-21-13-14-24-17-9-2-1-3-10-17)22-19-12-6-8-16-7-4-5-11-18(16)19/h1-5,7,9-11,19,21H,6,8,12-15H2,(H,22,23). The fourth-order valence-corrected chi connectivity index (χ4v) is 3.11. The van der Waals surface area contributed by atoms with Crippen molar-refractivity contribution in [3.63, 3.8) is 0 Å². The number of hydrogen-bond donors (Lipinski definition) is 2. The molecule has 0 spiro atoms. The summed E-state index contributed by atoms with van der Waals surface area (Å²) >= 11 is 0. The van der Waals surface area contributed by atoms with Gasteiger partial charge in [-0.25, -0.2) is 0 Å². The molecule has 2 aromatic carbocycles. The van der Waals surface area contributed by atoms with Crippen LogP contribution >= 0.6 is 0 Å². The van der Waals surface area contributed by atoms with Crippen LogP contribution < -0.4 is 15.4 Å². The smallest absolute Gasteiger partial charge is 0.234 e. The number of benzene rings is 2. The fourth-order valence-electron chi connectivity index (χ4n) is 3.11. The van der Waals surface area contributed by atoms with Crippen molar-refractivity contribution in [2.75, 3.05) is 19.7 Å². The lowest BCUT2D eigenvalue weighted by atomic mass is 9.88. The Kier molecular flexibility index (Phi) is 5.85. The Morgan fingerprint density at radius 1 is 1.08 bits per heavy atom. The monoisotopic (exact) mass is 324 g/mol. The van der Waals surface area contributed by atoms with Crippen molar-refractivity contribution in [1.82, 2.24) is 10.6 Å². The van der Waals surface area contributed by atoms with Crippen LogP contribution in [-0.4, -0.2) is 25.6 Å². The molecule has 0 aromatic heterocycles. The first kappa shape index (κ1) is 16.5. The van der Waals surface area contributed by atoms with Crippen molar-refractivity contribution in [1.29, 1.82) is 0 Å². The van der Waals surface area contributed by atoms with E-state index in [-0.39, 0.29) is 11.9 Å². The van der Waals surface area contributed by atoms with Gasteiger partial charge in [0.05, 0.1) is 12.6 Å². The summed E-state index contributed by atoms with van der Waals surface area (Å²) in [6.45, 7) is 1.50. The van der Waals surface area contributed by atoms with Crippen LogP contribution in [0.2, 0.25) is 0 Å². The van der Waals surface area contributed by atoms with Crippen LogP contribution in [0.5, 0.6) is 5.75 Å². The van der Waals surface area contributed by atoms with E-state index in [2.05, 4.69) is 28.8 Å².